The lowest BCUT2D eigenvalue weighted by Gasteiger charge is -2.18. The van der Waals surface area contributed by atoms with Gasteiger partial charge in [0.25, 0.3) is 0 Å². The van der Waals surface area contributed by atoms with Crippen LogP contribution in [-0.4, -0.2) is 37.2 Å². The first kappa shape index (κ1) is 68.8. The number of hydrogen-bond acceptors (Lipinski definition) is 6. The number of unbranched alkanes of at least 4 members (excludes halogenated alkanes) is 22. The Morgan fingerprint density at radius 3 is 0.918 bits per heavy atom. The minimum absolute atomic E-state index is 0.100. The third-order valence-corrected chi connectivity index (χ3v) is 12.4. The van der Waals surface area contributed by atoms with E-state index in [0.717, 1.165) is 141 Å². The third-order valence-electron chi connectivity index (χ3n) is 12.4. The molecular weight excluding hydrogens is 901 g/mol. The molecule has 0 aromatic carbocycles. The molecule has 73 heavy (non-hydrogen) atoms. The molecule has 0 saturated heterocycles. The molecule has 414 valence electrons. The maximum atomic E-state index is 12.9. The van der Waals surface area contributed by atoms with Gasteiger partial charge < -0.3 is 14.2 Å². The van der Waals surface area contributed by atoms with Crippen molar-refractivity contribution in [2.24, 2.45) is 0 Å². The molecule has 0 amide bonds. The first-order chi connectivity index (χ1) is 36.0. The smallest absolute Gasteiger partial charge is 0.306 e. The first-order valence-electron chi connectivity index (χ1n) is 30.0. The SMILES string of the molecule is CC/C=C\C/C=C\C/C=C\C/C=C\C/C=C\C/C=C\C/C=C\CCCCCC(=O)OCC(COC(=O)CCCCCCC/C=C\C/C=C\CCC)OC(=O)CCCCCCCCC/C=C\CCCCCCCC. The van der Waals surface area contributed by atoms with Gasteiger partial charge in [-0.15, -0.1) is 0 Å². The summed E-state index contributed by atoms with van der Waals surface area (Å²) in [5, 5.41) is 0. The molecule has 6 heteroatoms. The molecule has 0 aliphatic heterocycles. The van der Waals surface area contributed by atoms with Gasteiger partial charge in [0.1, 0.15) is 13.2 Å². The predicted molar refractivity (Wildman–Crippen MR) is 316 cm³/mol. The van der Waals surface area contributed by atoms with E-state index in [1.54, 1.807) is 0 Å². The number of rotatable bonds is 53. The van der Waals surface area contributed by atoms with Crippen LogP contribution in [0.3, 0.4) is 0 Å². The lowest BCUT2D eigenvalue weighted by atomic mass is 10.1. The van der Waals surface area contributed by atoms with E-state index < -0.39 is 6.10 Å². The molecule has 1 unspecified atom stereocenters. The van der Waals surface area contributed by atoms with Crippen LogP contribution < -0.4 is 0 Å². The second kappa shape index (κ2) is 60.4. The molecule has 0 N–H and O–H groups in total. The zero-order valence-electron chi connectivity index (χ0n) is 47.4. The Morgan fingerprint density at radius 2 is 0.562 bits per heavy atom. The lowest BCUT2D eigenvalue weighted by Crippen LogP contribution is -2.30. The van der Waals surface area contributed by atoms with E-state index in [1.165, 1.54) is 83.5 Å². The molecule has 0 aliphatic carbocycles. The summed E-state index contributed by atoms with van der Waals surface area (Å²) >= 11 is 0. The minimum Gasteiger partial charge on any atom is -0.462 e. The van der Waals surface area contributed by atoms with Crippen molar-refractivity contribution in [1.29, 1.82) is 0 Å². The topological polar surface area (TPSA) is 78.9 Å². The molecule has 0 fully saturated rings. The molecular formula is C67H110O6. The van der Waals surface area contributed by atoms with Gasteiger partial charge in [-0.3, -0.25) is 14.4 Å². The van der Waals surface area contributed by atoms with E-state index in [2.05, 4.69) is 142 Å². The normalized spacial score (nSPS) is 13.0. The van der Waals surface area contributed by atoms with Gasteiger partial charge in [-0.2, -0.15) is 0 Å². The van der Waals surface area contributed by atoms with E-state index in [-0.39, 0.29) is 31.1 Å². The number of allylic oxidation sites excluding steroid dienone is 20. The molecule has 0 aromatic rings. The lowest BCUT2D eigenvalue weighted by molar-refractivity contribution is -0.167. The van der Waals surface area contributed by atoms with Gasteiger partial charge in [-0.05, 0) is 128 Å². The molecule has 1 atom stereocenters. The van der Waals surface area contributed by atoms with Crippen molar-refractivity contribution in [3.8, 4) is 0 Å². The molecule has 0 spiro atoms. The fraction of sp³-hybridized carbons (Fsp3) is 0.657. The molecule has 0 rings (SSSR count). The predicted octanol–water partition coefficient (Wildman–Crippen LogP) is 20.4. The van der Waals surface area contributed by atoms with Crippen LogP contribution in [0.25, 0.3) is 0 Å². The summed E-state index contributed by atoms with van der Waals surface area (Å²) in [6, 6.07) is 0. The summed E-state index contributed by atoms with van der Waals surface area (Å²) in [7, 11) is 0. The molecule has 0 saturated carbocycles. The van der Waals surface area contributed by atoms with Gasteiger partial charge in [-0.1, -0.05) is 239 Å². The van der Waals surface area contributed by atoms with Crippen LogP contribution in [0.15, 0.2) is 122 Å². The van der Waals surface area contributed by atoms with Crippen LogP contribution >= 0.6 is 0 Å². The number of carbonyl (C=O) groups is 3. The van der Waals surface area contributed by atoms with Gasteiger partial charge in [0, 0.05) is 19.3 Å². The van der Waals surface area contributed by atoms with Crippen molar-refractivity contribution >= 4 is 17.9 Å². The molecule has 0 aliphatic rings. The van der Waals surface area contributed by atoms with E-state index >= 15 is 0 Å². The Morgan fingerprint density at radius 1 is 0.288 bits per heavy atom. The average molecular weight is 1010 g/mol. The summed E-state index contributed by atoms with van der Waals surface area (Å²) in [5.74, 6) is -0.951. The fourth-order valence-corrected chi connectivity index (χ4v) is 7.92. The summed E-state index contributed by atoms with van der Waals surface area (Å²) in [4.78, 5) is 38.2. The maximum absolute atomic E-state index is 12.9. The molecule has 0 heterocycles. The van der Waals surface area contributed by atoms with Crippen molar-refractivity contribution in [2.45, 2.75) is 271 Å². The average Bonchev–Trinajstić information content (AvgIpc) is 3.39. The molecule has 0 aromatic heterocycles. The van der Waals surface area contributed by atoms with Gasteiger partial charge in [-0.25, -0.2) is 0 Å². The van der Waals surface area contributed by atoms with E-state index in [4.69, 9.17) is 14.2 Å². The summed E-state index contributed by atoms with van der Waals surface area (Å²) < 4.78 is 16.8. The van der Waals surface area contributed by atoms with Crippen LogP contribution in [0.5, 0.6) is 0 Å². The van der Waals surface area contributed by atoms with Crippen LogP contribution in [0.2, 0.25) is 0 Å². The first-order valence-corrected chi connectivity index (χ1v) is 30.0. The van der Waals surface area contributed by atoms with Crippen molar-refractivity contribution in [2.75, 3.05) is 13.2 Å². The van der Waals surface area contributed by atoms with Gasteiger partial charge in [0.15, 0.2) is 6.10 Å². The van der Waals surface area contributed by atoms with E-state index in [9.17, 15) is 14.4 Å². The molecule has 6 nitrogen and oxygen atoms in total. The third kappa shape index (κ3) is 58.6. The molecule has 0 bridgehead atoms. The highest BCUT2D eigenvalue weighted by molar-refractivity contribution is 5.71. The van der Waals surface area contributed by atoms with Crippen molar-refractivity contribution in [3.63, 3.8) is 0 Å². The molecule has 0 radical (unpaired) electrons. The standard InChI is InChI=1S/C67H110O6/c1-4-7-10-13-16-19-22-25-27-29-30-31-32-33-34-35-36-38-39-42-45-48-51-54-57-60-66(69)72-63-64(62-71-65(68)59-56-53-50-47-44-41-24-21-18-15-12-9-6-3)73-67(70)61-58-55-52-49-46-43-40-37-28-26-23-20-17-14-11-8-5-2/h7,10,12,15-16,19,21,24-28,30-31,33-34,36,38,42,45,64H,4-6,8-9,11,13-14,17-18,20,22-23,29,32,35,37,39-41,43-44,46-63H2,1-3H3/b10-7-,15-12-,19-16-,24-21-,27-25-,28-26-,31-30-,34-33-,38-36-,45-42-. The van der Waals surface area contributed by atoms with Crippen molar-refractivity contribution < 1.29 is 28.6 Å². The van der Waals surface area contributed by atoms with E-state index in [0.29, 0.717) is 19.3 Å². The Balaban J connectivity index is 4.44. The van der Waals surface area contributed by atoms with Crippen molar-refractivity contribution in [3.05, 3.63) is 122 Å². The zero-order chi connectivity index (χ0) is 52.9. The van der Waals surface area contributed by atoms with Gasteiger partial charge in [0.05, 0.1) is 0 Å². The highest BCUT2D eigenvalue weighted by Gasteiger charge is 2.19. The summed E-state index contributed by atoms with van der Waals surface area (Å²) in [6.07, 6.45) is 83.3. The van der Waals surface area contributed by atoms with Crippen LogP contribution in [0.1, 0.15) is 265 Å². The van der Waals surface area contributed by atoms with Crippen molar-refractivity contribution in [1.82, 2.24) is 0 Å². The Labute approximate surface area is 450 Å². The summed E-state index contributed by atoms with van der Waals surface area (Å²) in [5.41, 5.74) is 0. The minimum atomic E-state index is -0.804. The quantitative estimate of drug-likeness (QED) is 0.0261. The summed E-state index contributed by atoms with van der Waals surface area (Å²) in [6.45, 7) is 6.42. The van der Waals surface area contributed by atoms with Gasteiger partial charge in [0.2, 0.25) is 0 Å². The largest absolute Gasteiger partial charge is 0.462 e. The Hall–Kier alpha value is -4.19. The van der Waals surface area contributed by atoms with Crippen LogP contribution in [0.4, 0.5) is 0 Å². The zero-order valence-corrected chi connectivity index (χ0v) is 47.4. The number of ether oxygens (including phenoxy) is 3. The second-order valence-electron chi connectivity index (χ2n) is 19.5. The number of carbonyl (C=O) groups excluding carboxylic acids is 3. The highest BCUT2D eigenvalue weighted by atomic mass is 16.6. The van der Waals surface area contributed by atoms with Crippen LogP contribution in [-0.2, 0) is 28.6 Å². The van der Waals surface area contributed by atoms with Gasteiger partial charge >= 0.3 is 17.9 Å². The van der Waals surface area contributed by atoms with Crippen LogP contribution in [0, 0.1) is 0 Å². The fourth-order valence-electron chi connectivity index (χ4n) is 7.92. The second-order valence-corrected chi connectivity index (χ2v) is 19.5. The Bertz CT molecular complexity index is 1540. The number of esters is 3. The maximum Gasteiger partial charge on any atom is 0.306 e. The Kier molecular flexibility index (Phi) is 56.9. The number of hydrogen-bond donors (Lipinski definition) is 0. The van der Waals surface area contributed by atoms with E-state index in [1.807, 2.05) is 0 Å². The highest BCUT2D eigenvalue weighted by Crippen LogP contribution is 2.14. The monoisotopic (exact) mass is 1010 g/mol.